The highest BCUT2D eigenvalue weighted by Crippen LogP contribution is 2.21. The summed E-state index contributed by atoms with van der Waals surface area (Å²) in [6.45, 7) is 4.93. The molecule has 0 amide bonds. The molecular formula is C14H15N5. The van der Waals surface area contributed by atoms with E-state index >= 15 is 0 Å². The van der Waals surface area contributed by atoms with E-state index in [4.69, 9.17) is 0 Å². The van der Waals surface area contributed by atoms with E-state index in [9.17, 15) is 0 Å². The third-order valence-electron chi connectivity index (χ3n) is 2.99. The van der Waals surface area contributed by atoms with E-state index in [0.717, 1.165) is 29.1 Å². The van der Waals surface area contributed by atoms with Gasteiger partial charge in [0.2, 0.25) is 0 Å². The minimum Gasteiger partial charge on any atom is -0.370 e. The Hall–Kier alpha value is -2.43. The lowest BCUT2D eigenvalue weighted by molar-refractivity contribution is 0.894. The number of hydrogen-bond acceptors (Lipinski definition) is 4. The molecule has 0 aliphatic heterocycles. The molecule has 0 saturated carbocycles. The molecule has 5 heteroatoms. The van der Waals surface area contributed by atoms with Crippen LogP contribution in [-0.4, -0.2) is 26.3 Å². The second-order valence-electron chi connectivity index (χ2n) is 4.38. The lowest BCUT2D eigenvalue weighted by Gasteiger charge is -2.05. The van der Waals surface area contributed by atoms with E-state index in [2.05, 4.69) is 39.4 Å². The summed E-state index contributed by atoms with van der Waals surface area (Å²) in [4.78, 5) is 8.57. The summed E-state index contributed by atoms with van der Waals surface area (Å²) in [5, 5.41) is 8.57. The van der Waals surface area contributed by atoms with Gasteiger partial charge in [0.1, 0.15) is 12.1 Å². The average Bonchev–Trinajstić information content (AvgIpc) is 2.85. The second-order valence-corrected chi connectivity index (χ2v) is 4.38. The van der Waals surface area contributed by atoms with Crippen molar-refractivity contribution in [1.29, 1.82) is 0 Å². The Bertz CT molecular complexity index is 699. The van der Waals surface area contributed by atoms with Gasteiger partial charge in [-0.25, -0.2) is 14.6 Å². The first kappa shape index (κ1) is 11.6. The van der Waals surface area contributed by atoms with Gasteiger partial charge in [-0.2, -0.15) is 5.10 Å². The Balaban J connectivity index is 2.15. The largest absolute Gasteiger partial charge is 0.370 e. The van der Waals surface area contributed by atoms with E-state index < -0.39 is 0 Å². The fourth-order valence-corrected chi connectivity index (χ4v) is 2.03. The highest BCUT2D eigenvalue weighted by molar-refractivity contribution is 5.87. The molecule has 0 aliphatic rings. The summed E-state index contributed by atoms with van der Waals surface area (Å²) in [6, 6.07) is 8.21. The van der Waals surface area contributed by atoms with Crippen LogP contribution in [-0.2, 0) is 0 Å². The van der Waals surface area contributed by atoms with Gasteiger partial charge in [-0.15, -0.1) is 0 Å². The van der Waals surface area contributed by atoms with Crippen LogP contribution in [0.25, 0.3) is 16.7 Å². The van der Waals surface area contributed by atoms with Gasteiger partial charge in [-0.05, 0) is 26.0 Å². The van der Waals surface area contributed by atoms with Gasteiger partial charge in [0, 0.05) is 6.54 Å². The quantitative estimate of drug-likeness (QED) is 0.779. The van der Waals surface area contributed by atoms with Crippen molar-refractivity contribution >= 4 is 16.9 Å². The fourth-order valence-electron chi connectivity index (χ4n) is 2.03. The normalized spacial score (nSPS) is 10.8. The molecule has 0 atom stereocenters. The van der Waals surface area contributed by atoms with Gasteiger partial charge in [0.05, 0.1) is 17.3 Å². The smallest absolute Gasteiger partial charge is 0.168 e. The molecule has 0 fully saturated rings. The van der Waals surface area contributed by atoms with Gasteiger partial charge >= 0.3 is 0 Å². The van der Waals surface area contributed by atoms with Gasteiger partial charge in [-0.3, -0.25) is 0 Å². The minimum absolute atomic E-state index is 0.815. The molecule has 0 saturated heterocycles. The first-order valence-electron chi connectivity index (χ1n) is 6.29. The fraction of sp³-hybridized carbons (Fsp3) is 0.214. The summed E-state index contributed by atoms with van der Waals surface area (Å²) in [6.07, 6.45) is 3.36. The van der Waals surface area contributed by atoms with E-state index in [-0.39, 0.29) is 0 Å². The molecule has 3 aromatic rings. The first-order chi connectivity index (χ1) is 9.29. The molecule has 2 heterocycles. The van der Waals surface area contributed by atoms with E-state index in [1.165, 1.54) is 5.56 Å². The molecule has 0 spiro atoms. The number of nitrogens with one attached hydrogen (secondary N) is 1. The van der Waals surface area contributed by atoms with Crippen molar-refractivity contribution in [3.63, 3.8) is 0 Å². The van der Waals surface area contributed by atoms with Crippen LogP contribution >= 0.6 is 0 Å². The monoisotopic (exact) mass is 253 g/mol. The SMILES string of the molecule is CCNc1ncnc2c1cnn2-c1ccc(C)cc1. The summed E-state index contributed by atoms with van der Waals surface area (Å²) in [5.74, 6) is 0.825. The van der Waals surface area contributed by atoms with Crippen LogP contribution in [0.15, 0.2) is 36.8 Å². The Labute approximate surface area is 111 Å². The van der Waals surface area contributed by atoms with Crippen LogP contribution in [0.3, 0.4) is 0 Å². The molecule has 0 bridgehead atoms. The van der Waals surface area contributed by atoms with Crippen LogP contribution in [0.2, 0.25) is 0 Å². The highest BCUT2D eigenvalue weighted by atomic mass is 15.3. The Morgan fingerprint density at radius 3 is 2.68 bits per heavy atom. The number of rotatable bonds is 3. The van der Waals surface area contributed by atoms with Gasteiger partial charge < -0.3 is 5.32 Å². The molecule has 2 aromatic heterocycles. The summed E-state index contributed by atoms with van der Waals surface area (Å²) < 4.78 is 1.83. The zero-order valence-electron chi connectivity index (χ0n) is 11.0. The lowest BCUT2D eigenvalue weighted by atomic mass is 10.2. The number of anilines is 1. The van der Waals surface area contributed by atoms with Crippen LogP contribution in [0.5, 0.6) is 0 Å². The van der Waals surface area contributed by atoms with Crippen molar-refractivity contribution in [2.75, 3.05) is 11.9 Å². The number of nitrogens with zero attached hydrogens (tertiary/aromatic N) is 4. The van der Waals surface area contributed by atoms with Crippen molar-refractivity contribution in [3.8, 4) is 5.69 Å². The maximum absolute atomic E-state index is 4.41. The summed E-state index contributed by atoms with van der Waals surface area (Å²) >= 11 is 0. The first-order valence-corrected chi connectivity index (χ1v) is 6.29. The third kappa shape index (κ3) is 2.03. The molecular weight excluding hydrogens is 238 g/mol. The van der Waals surface area contributed by atoms with Gasteiger partial charge in [0.15, 0.2) is 5.65 Å². The van der Waals surface area contributed by atoms with Crippen LogP contribution in [0, 0.1) is 6.92 Å². The lowest BCUT2D eigenvalue weighted by Crippen LogP contribution is -2.01. The van der Waals surface area contributed by atoms with E-state index in [0.29, 0.717) is 0 Å². The number of hydrogen-bond donors (Lipinski definition) is 1. The minimum atomic E-state index is 0.815. The average molecular weight is 253 g/mol. The number of aromatic nitrogens is 4. The molecule has 1 N–H and O–H groups in total. The van der Waals surface area contributed by atoms with Gasteiger partial charge in [0.25, 0.3) is 0 Å². The standard InChI is InChI=1S/C14H15N5/c1-3-15-13-12-8-18-19(14(12)17-9-16-13)11-6-4-10(2)5-7-11/h4-9H,3H2,1-2H3,(H,15,16,17). The number of aryl methyl sites for hydroxylation is 1. The zero-order chi connectivity index (χ0) is 13.2. The van der Waals surface area contributed by atoms with E-state index in [1.807, 2.05) is 23.7 Å². The molecule has 0 unspecified atom stereocenters. The van der Waals surface area contributed by atoms with Crippen LogP contribution < -0.4 is 5.32 Å². The number of benzene rings is 1. The second kappa shape index (κ2) is 4.68. The third-order valence-corrected chi connectivity index (χ3v) is 2.99. The molecule has 1 aromatic carbocycles. The highest BCUT2D eigenvalue weighted by Gasteiger charge is 2.10. The maximum Gasteiger partial charge on any atom is 0.168 e. The van der Waals surface area contributed by atoms with Crippen molar-refractivity contribution < 1.29 is 0 Å². The Kier molecular flexibility index (Phi) is 2.87. The molecule has 5 nitrogen and oxygen atoms in total. The topological polar surface area (TPSA) is 55.6 Å². The van der Waals surface area contributed by atoms with Crippen molar-refractivity contribution in [1.82, 2.24) is 19.7 Å². The molecule has 96 valence electrons. The van der Waals surface area contributed by atoms with Gasteiger partial charge in [-0.1, -0.05) is 17.7 Å². The van der Waals surface area contributed by atoms with Crippen LogP contribution in [0.4, 0.5) is 5.82 Å². The van der Waals surface area contributed by atoms with Crippen LogP contribution in [0.1, 0.15) is 12.5 Å². The predicted octanol–water partition coefficient (Wildman–Crippen LogP) is 2.56. The summed E-state index contributed by atoms with van der Waals surface area (Å²) in [5.41, 5.74) is 3.04. The molecule has 0 radical (unpaired) electrons. The zero-order valence-corrected chi connectivity index (χ0v) is 11.0. The molecule has 3 rings (SSSR count). The van der Waals surface area contributed by atoms with Crippen molar-refractivity contribution in [2.24, 2.45) is 0 Å². The Morgan fingerprint density at radius 2 is 1.95 bits per heavy atom. The number of fused-ring (bicyclic) bond motifs is 1. The maximum atomic E-state index is 4.41. The Morgan fingerprint density at radius 1 is 1.16 bits per heavy atom. The van der Waals surface area contributed by atoms with Crippen molar-refractivity contribution in [3.05, 3.63) is 42.4 Å². The predicted molar refractivity (Wildman–Crippen MR) is 75.6 cm³/mol. The summed E-state index contributed by atoms with van der Waals surface area (Å²) in [7, 11) is 0. The van der Waals surface area contributed by atoms with E-state index in [1.54, 1.807) is 12.5 Å². The van der Waals surface area contributed by atoms with Crippen molar-refractivity contribution in [2.45, 2.75) is 13.8 Å². The molecule has 19 heavy (non-hydrogen) atoms. The molecule has 0 aliphatic carbocycles.